The Labute approximate surface area is 104 Å². The molecule has 0 bridgehead atoms. The number of nitrogens with zero attached hydrogens (tertiary/aromatic N) is 4. The average Bonchev–Trinajstić information content (AvgIpc) is 2.64. The molecule has 5 heteroatoms. The van der Waals surface area contributed by atoms with Crippen LogP contribution in [0.1, 0.15) is 18.0 Å². The second kappa shape index (κ2) is 6.74. The summed E-state index contributed by atoms with van der Waals surface area (Å²) >= 11 is 0. The predicted molar refractivity (Wildman–Crippen MR) is 70.8 cm³/mol. The third kappa shape index (κ3) is 5.30. The van der Waals surface area contributed by atoms with Crippen LogP contribution in [-0.2, 0) is 7.05 Å². The lowest BCUT2D eigenvalue weighted by atomic mass is 10.1. The highest BCUT2D eigenvalue weighted by molar-refractivity contribution is 5.09. The molecular formula is C12H25N5. The van der Waals surface area contributed by atoms with E-state index in [1.54, 1.807) is 4.68 Å². The fourth-order valence-electron chi connectivity index (χ4n) is 1.82. The quantitative estimate of drug-likeness (QED) is 0.744. The van der Waals surface area contributed by atoms with Gasteiger partial charge in [-0.25, -0.2) is 0 Å². The van der Waals surface area contributed by atoms with Gasteiger partial charge < -0.3 is 15.5 Å². The van der Waals surface area contributed by atoms with Gasteiger partial charge in [-0.2, -0.15) is 5.10 Å². The summed E-state index contributed by atoms with van der Waals surface area (Å²) in [6.07, 6.45) is 5.00. The number of nitrogens with two attached hydrogens (primary N) is 1. The average molecular weight is 239 g/mol. The van der Waals surface area contributed by atoms with Gasteiger partial charge in [-0.3, -0.25) is 4.68 Å². The molecule has 0 aliphatic carbocycles. The lowest BCUT2D eigenvalue weighted by Gasteiger charge is -2.21. The van der Waals surface area contributed by atoms with Gasteiger partial charge in [-0.05, 0) is 40.7 Å². The minimum Gasteiger partial charge on any atom is -0.323 e. The van der Waals surface area contributed by atoms with E-state index in [0.29, 0.717) is 0 Å². The lowest BCUT2D eigenvalue weighted by Crippen LogP contribution is -2.31. The van der Waals surface area contributed by atoms with Crippen molar-refractivity contribution >= 4 is 0 Å². The molecule has 1 atom stereocenters. The van der Waals surface area contributed by atoms with Gasteiger partial charge in [0.25, 0.3) is 0 Å². The van der Waals surface area contributed by atoms with Gasteiger partial charge in [0.15, 0.2) is 0 Å². The van der Waals surface area contributed by atoms with Crippen LogP contribution in [0.5, 0.6) is 0 Å². The Balaban J connectivity index is 2.28. The van der Waals surface area contributed by atoms with Crippen LogP contribution in [0, 0.1) is 0 Å². The van der Waals surface area contributed by atoms with E-state index >= 15 is 0 Å². The molecule has 17 heavy (non-hydrogen) atoms. The Kier molecular flexibility index (Phi) is 5.61. The van der Waals surface area contributed by atoms with E-state index < -0.39 is 0 Å². The molecule has 0 radical (unpaired) electrons. The normalized spacial score (nSPS) is 13.6. The summed E-state index contributed by atoms with van der Waals surface area (Å²) in [5.74, 6) is 0. The molecule has 5 nitrogen and oxygen atoms in total. The first-order valence-corrected chi connectivity index (χ1v) is 6.06. The second-order valence-electron chi connectivity index (χ2n) is 4.97. The maximum atomic E-state index is 6.14. The number of hydrogen-bond acceptors (Lipinski definition) is 4. The SMILES string of the molecule is CN(C)CCCN(C)CC(N)c1cnn(C)c1. The Morgan fingerprint density at radius 1 is 1.35 bits per heavy atom. The summed E-state index contributed by atoms with van der Waals surface area (Å²) in [6.45, 7) is 3.07. The zero-order valence-electron chi connectivity index (χ0n) is 11.4. The number of hydrogen-bond donors (Lipinski definition) is 1. The zero-order valence-corrected chi connectivity index (χ0v) is 11.4. The largest absolute Gasteiger partial charge is 0.323 e. The molecule has 0 saturated carbocycles. The first-order valence-electron chi connectivity index (χ1n) is 6.06. The maximum absolute atomic E-state index is 6.14. The summed E-state index contributed by atoms with van der Waals surface area (Å²) < 4.78 is 1.79. The van der Waals surface area contributed by atoms with Crippen LogP contribution in [0.4, 0.5) is 0 Å². The monoisotopic (exact) mass is 239 g/mol. The van der Waals surface area contributed by atoms with Crippen molar-refractivity contribution in [3.05, 3.63) is 18.0 Å². The summed E-state index contributed by atoms with van der Waals surface area (Å²) in [5.41, 5.74) is 7.24. The lowest BCUT2D eigenvalue weighted by molar-refractivity contribution is 0.286. The fraction of sp³-hybridized carbons (Fsp3) is 0.750. The highest BCUT2D eigenvalue weighted by Gasteiger charge is 2.10. The van der Waals surface area contributed by atoms with Crippen LogP contribution in [0.2, 0.25) is 0 Å². The van der Waals surface area contributed by atoms with Gasteiger partial charge in [0, 0.05) is 31.4 Å². The Morgan fingerprint density at radius 3 is 2.59 bits per heavy atom. The van der Waals surface area contributed by atoms with E-state index in [1.165, 1.54) is 6.42 Å². The standard InChI is InChI=1S/C12H25N5/c1-15(2)6-5-7-16(3)10-12(13)11-8-14-17(4)9-11/h8-9,12H,5-7,10,13H2,1-4H3. The van der Waals surface area contributed by atoms with Crippen LogP contribution >= 0.6 is 0 Å². The molecule has 98 valence electrons. The van der Waals surface area contributed by atoms with Crippen LogP contribution < -0.4 is 5.73 Å². The van der Waals surface area contributed by atoms with E-state index in [1.807, 2.05) is 19.4 Å². The molecule has 2 N–H and O–H groups in total. The molecule has 0 fully saturated rings. The molecule has 0 spiro atoms. The summed E-state index contributed by atoms with van der Waals surface area (Å²) in [6, 6.07) is 0.0491. The van der Waals surface area contributed by atoms with Crippen LogP contribution in [0.15, 0.2) is 12.4 Å². The van der Waals surface area contributed by atoms with E-state index in [2.05, 4.69) is 36.0 Å². The molecule has 0 amide bonds. The van der Waals surface area contributed by atoms with Crippen molar-refractivity contribution in [3.8, 4) is 0 Å². The minimum atomic E-state index is 0.0491. The molecule has 1 heterocycles. The van der Waals surface area contributed by atoms with Crippen molar-refractivity contribution < 1.29 is 0 Å². The Bertz CT molecular complexity index is 320. The summed E-state index contributed by atoms with van der Waals surface area (Å²) in [4.78, 5) is 4.48. The van der Waals surface area contributed by atoms with E-state index in [4.69, 9.17) is 5.73 Å². The number of aryl methyl sites for hydroxylation is 1. The zero-order chi connectivity index (χ0) is 12.8. The number of likely N-dealkylation sites (N-methyl/N-ethyl adjacent to an activating group) is 1. The molecular weight excluding hydrogens is 214 g/mol. The smallest absolute Gasteiger partial charge is 0.0537 e. The molecule has 1 rings (SSSR count). The highest BCUT2D eigenvalue weighted by atomic mass is 15.2. The van der Waals surface area contributed by atoms with Gasteiger partial charge in [-0.1, -0.05) is 0 Å². The summed E-state index contributed by atoms with van der Waals surface area (Å²) in [5, 5.41) is 4.14. The van der Waals surface area contributed by atoms with Gasteiger partial charge in [0.05, 0.1) is 6.20 Å². The van der Waals surface area contributed by atoms with Gasteiger partial charge in [0.2, 0.25) is 0 Å². The van der Waals surface area contributed by atoms with E-state index in [-0.39, 0.29) is 6.04 Å². The first-order chi connectivity index (χ1) is 7.99. The van der Waals surface area contributed by atoms with Crippen molar-refractivity contribution in [2.24, 2.45) is 12.8 Å². The highest BCUT2D eigenvalue weighted by Crippen LogP contribution is 2.09. The molecule has 0 aliphatic rings. The van der Waals surface area contributed by atoms with E-state index in [9.17, 15) is 0 Å². The first kappa shape index (κ1) is 14.2. The van der Waals surface area contributed by atoms with Gasteiger partial charge in [0.1, 0.15) is 0 Å². The van der Waals surface area contributed by atoms with E-state index in [0.717, 1.165) is 25.2 Å². The van der Waals surface area contributed by atoms with Gasteiger partial charge in [-0.15, -0.1) is 0 Å². The van der Waals surface area contributed by atoms with Crippen LogP contribution in [0.3, 0.4) is 0 Å². The van der Waals surface area contributed by atoms with Crippen molar-refractivity contribution in [1.82, 2.24) is 19.6 Å². The predicted octanol–water partition coefficient (Wildman–Crippen LogP) is 0.303. The third-order valence-corrected chi connectivity index (χ3v) is 2.81. The molecule has 0 saturated heterocycles. The molecule has 1 aromatic rings. The number of rotatable bonds is 7. The molecule has 0 aromatic carbocycles. The van der Waals surface area contributed by atoms with Gasteiger partial charge >= 0.3 is 0 Å². The minimum absolute atomic E-state index is 0.0491. The maximum Gasteiger partial charge on any atom is 0.0537 e. The molecule has 1 unspecified atom stereocenters. The third-order valence-electron chi connectivity index (χ3n) is 2.81. The fourth-order valence-corrected chi connectivity index (χ4v) is 1.82. The molecule has 1 aromatic heterocycles. The van der Waals surface area contributed by atoms with Crippen molar-refractivity contribution in [3.63, 3.8) is 0 Å². The Morgan fingerprint density at radius 2 is 2.06 bits per heavy atom. The van der Waals surface area contributed by atoms with Crippen LogP contribution in [-0.4, -0.2) is 60.4 Å². The van der Waals surface area contributed by atoms with Crippen molar-refractivity contribution in [2.75, 3.05) is 40.8 Å². The topological polar surface area (TPSA) is 50.3 Å². The Hall–Kier alpha value is -0.910. The molecule has 0 aliphatic heterocycles. The van der Waals surface area contributed by atoms with Crippen molar-refractivity contribution in [2.45, 2.75) is 12.5 Å². The van der Waals surface area contributed by atoms with Crippen molar-refractivity contribution in [1.29, 1.82) is 0 Å². The number of aromatic nitrogens is 2. The van der Waals surface area contributed by atoms with Crippen LogP contribution in [0.25, 0.3) is 0 Å². The second-order valence-corrected chi connectivity index (χ2v) is 4.97. The summed E-state index contributed by atoms with van der Waals surface area (Å²) in [7, 11) is 8.23.